The number of nitrogens with two attached hydrogens (primary N) is 1. The summed E-state index contributed by atoms with van der Waals surface area (Å²) in [6.07, 6.45) is 0.774. The Morgan fingerprint density at radius 1 is 1.54 bits per heavy atom. The maximum absolute atomic E-state index is 12.6. The van der Waals surface area contributed by atoms with E-state index in [1.807, 2.05) is 6.92 Å². The van der Waals surface area contributed by atoms with Crippen LogP contribution in [0.15, 0.2) is 24.3 Å². The minimum absolute atomic E-state index is 0.119. The second kappa shape index (κ2) is 4.82. The van der Waals surface area contributed by atoms with Crippen LogP contribution in [0.1, 0.15) is 13.3 Å². The molecule has 0 unspecified atom stereocenters. The molecule has 0 saturated heterocycles. The van der Waals surface area contributed by atoms with Gasteiger partial charge in [-0.1, -0.05) is 6.07 Å². The Kier molecular flexibility index (Phi) is 3.71. The molecule has 2 nitrogen and oxygen atoms in total. The third kappa shape index (κ3) is 3.90. The Morgan fingerprint density at radius 2 is 2.31 bits per heavy atom. The standard InChI is InChI=1S/C10H14FNO/c1-8(12)5-6-13-10-4-2-3-9(11)7-10/h2-4,7-8H,5-6,12H2,1H3/t8-/m0/s1. The van der Waals surface area contributed by atoms with Gasteiger partial charge in [0.25, 0.3) is 0 Å². The largest absolute Gasteiger partial charge is 0.493 e. The molecule has 1 rings (SSSR count). The third-order valence-electron chi connectivity index (χ3n) is 1.64. The van der Waals surface area contributed by atoms with Gasteiger partial charge in [0, 0.05) is 12.1 Å². The molecule has 13 heavy (non-hydrogen) atoms. The number of rotatable bonds is 4. The van der Waals surface area contributed by atoms with E-state index in [1.54, 1.807) is 12.1 Å². The van der Waals surface area contributed by atoms with Crippen LogP contribution in [0.25, 0.3) is 0 Å². The molecular formula is C10H14FNO. The van der Waals surface area contributed by atoms with E-state index in [0.29, 0.717) is 12.4 Å². The van der Waals surface area contributed by atoms with Gasteiger partial charge in [0.15, 0.2) is 0 Å². The second-order valence-electron chi connectivity index (χ2n) is 3.07. The summed E-state index contributed by atoms with van der Waals surface area (Å²) >= 11 is 0. The Balaban J connectivity index is 2.37. The highest BCUT2D eigenvalue weighted by atomic mass is 19.1. The van der Waals surface area contributed by atoms with Gasteiger partial charge >= 0.3 is 0 Å². The van der Waals surface area contributed by atoms with Gasteiger partial charge in [-0.25, -0.2) is 4.39 Å². The van der Waals surface area contributed by atoms with Crippen LogP contribution in [0.3, 0.4) is 0 Å². The van der Waals surface area contributed by atoms with Crippen molar-refractivity contribution in [3.05, 3.63) is 30.1 Å². The lowest BCUT2D eigenvalue weighted by atomic mass is 10.3. The minimum atomic E-state index is -0.279. The normalized spacial score (nSPS) is 12.5. The predicted octanol–water partition coefficient (Wildman–Crippen LogP) is 1.94. The first kappa shape index (κ1) is 9.99. The highest BCUT2D eigenvalue weighted by Crippen LogP contribution is 2.11. The predicted molar refractivity (Wildman–Crippen MR) is 50.2 cm³/mol. The average molecular weight is 183 g/mol. The van der Waals surface area contributed by atoms with Crippen LogP contribution in [0, 0.1) is 5.82 Å². The summed E-state index contributed by atoms with van der Waals surface area (Å²) in [5, 5.41) is 0. The zero-order valence-electron chi connectivity index (χ0n) is 7.66. The van der Waals surface area contributed by atoms with Gasteiger partial charge in [0.1, 0.15) is 11.6 Å². The van der Waals surface area contributed by atoms with Crippen LogP contribution < -0.4 is 10.5 Å². The molecule has 0 aromatic heterocycles. The molecule has 0 radical (unpaired) electrons. The number of hydrogen-bond acceptors (Lipinski definition) is 2. The molecule has 0 heterocycles. The van der Waals surface area contributed by atoms with Crippen molar-refractivity contribution >= 4 is 0 Å². The topological polar surface area (TPSA) is 35.2 Å². The first-order chi connectivity index (χ1) is 6.18. The molecule has 0 spiro atoms. The van der Waals surface area contributed by atoms with E-state index < -0.39 is 0 Å². The van der Waals surface area contributed by atoms with Crippen molar-refractivity contribution in [3.8, 4) is 5.75 Å². The Hall–Kier alpha value is -1.09. The Labute approximate surface area is 77.5 Å². The molecule has 0 amide bonds. The quantitative estimate of drug-likeness (QED) is 0.774. The highest BCUT2D eigenvalue weighted by molar-refractivity contribution is 5.22. The maximum atomic E-state index is 12.6. The van der Waals surface area contributed by atoms with E-state index in [4.69, 9.17) is 10.5 Å². The highest BCUT2D eigenvalue weighted by Gasteiger charge is 1.97. The molecule has 0 aliphatic heterocycles. The minimum Gasteiger partial charge on any atom is -0.493 e. The van der Waals surface area contributed by atoms with Gasteiger partial charge in [-0.05, 0) is 25.5 Å². The molecule has 0 fully saturated rings. The molecule has 1 aromatic rings. The van der Waals surface area contributed by atoms with Crippen molar-refractivity contribution in [1.29, 1.82) is 0 Å². The monoisotopic (exact) mass is 183 g/mol. The molecule has 3 heteroatoms. The van der Waals surface area contributed by atoms with Crippen LogP contribution >= 0.6 is 0 Å². The summed E-state index contributed by atoms with van der Waals surface area (Å²) in [4.78, 5) is 0. The van der Waals surface area contributed by atoms with Crippen molar-refractivity contribution in [3.63, 3.8) is 0 Å². The zero-order chi connectivity index (χ0) is 9.68. The van der Waals surface area contributed by atoms with Gasteiger partial charge in [-0.2, -0.15) is 0 Å². The van der Waals surface area contributed by atoms with Crippen molar-refractivity contribution in [2.75, 3.05) is 6.61 Å². The molecule has 0 bridgehead atoms. The number of halogens is 1. The van der Waals surface area contributed by atoms with Crippen molar-refractivity contribution < 1.29 is 9.13 Å². The van der Waals surface area contributed by atoms with E-state index in [9.17, 15) is 4.39 Å². The fourth-order valence-corrected chi connectivity index (χ4v) is 0.919. The molecular weight excluding hydrogens is 169 g/mol. The third-order valence-corrected chi connectivity index (χ3v) is 1.64. The summed E-state index contributed by atoms with van der Waals surface area (Å²) in [5.41, 5.74) is 5.53. The fourth-order valence-electron chi connectivity index (χ4n) is 0.919. The van der Waals surface area contributed by atoms with Gasteiger partial charge in [-0.15, -0.1) is 0 Å². The van der Waals surface area contributed by atoms with Crippen molar-refractivity contribution in [1.82, 2.24) is 0 Å². The molecule has 0 aliphatic carbocycles. The van der Waals surface area contributed by atoms with Gasteiger partial charge in [0.2, 0.25) is 0 Å². The van der Waals surface area contributed by atoms with Crippen LogP contribution in [-0.4, -0.2) is 12.6 Å². The van der Waals surface area contributed by atoms with Crippen LogP contribution in [0.4, 0.5) is 4.39 Å². The summed E-state index contributed by atoms with van der Waals surface area (Å²) in [6.45, 7) is 2.44. The van der Waals surface area contributed by atoms with E-state index in [0.717, 1.165) is 6.42 Å². The van der Waals surface area contributed by atoms with E-state index >= 15 is 0 Å². The molecule has 1 aromatic carbocycles. The first-order valence-electron chi connectivity index (χ1n) is 4.32. The van der Waals surface area contributed by atoms with Crippen LogP contribution in [0.2, 0.25) is 0 Å². The fraction of sp³-hybridized carbons (Fsp3) is 0.400. The zero-order valence-corrected chi connectivity index (χ0v) is 7.66. The SMILES string of the molecule is C[C@H](N)CCOc1cccc(F)c1. The lowest BCUT2D eigenvalue weighted by Gasteiger charge is -2.07. The molecule has 2 N–H and O–H groups in total. The van der Waals surface area contributed by atoms with Gasteiger partial charge in [0.05, 0.1) is 6.61 Å². The second-order valence-corrected chi connectivity index (χ2v) is 3.07. The van der Waals surface area contributed by atoms with Gasteiger partial charge < -0.3 is 10.5 Å². The Morgan fingerprint density at radius 3 is 2.92 bits per heavy atom. The summed E-state index contributed by atoms with van der Waals surface area (Å²) in [5.74, 6) is 0.277. The van der Waals surface area contributed by atoms with Crippen LogP contribution in [0.5, 0.6) is 5.75 Å². The Bertz CT molecular complexity index is 263. The molecule has 72 valence electrons. The first-order valence-corrected chi connectivity index (χ1v) is 4.32. The average Bonchev–Trinajstić information content (AvgIpc) is 2.03. The van der Waals surface area contributed by atoms with Crippen molar-refractivity contribution in [2.24, 2.45) is 5.73 Å². The summed E-state index contributed by atoms with van der Waals surface area (Å²) < 4.78 is 17.9. The number of benzene rings is 1. The smallest absolute Gasteiger partial charge is 0.126 e. The lowest BCUT2D eigenvalue weighted by molar-refractivity contribution is 0.299. The van der Waals surface area contributed by atoms with Crippen LogP contribution in [-0.2, 0) is 0 Å². The summed E-state index contributed by atoms with van der Waals surface area (Å²) in [6, 6.07) is 6.22. The number of ether oxygens (including phenoxy) is 1. The summed E-state index contributed by atoms with van der Waals surface area (Å²) in [7, 11) is 0. The molecule has 0 saturated carbocycles. The lowest BCUT2D eigenvalue weighted by Crippen LogP contribution is -2.18. The molecule has 1 atom stereocenters. The maximum Gasteiger partial charge on any atom is 0.126 e. The van der Waals surface area contributed by atoms with Gasteiger partial charge in [-0.3, -0.25) is 0 Å². The number of hydrogen-bond donors (Lipinski definition) is 1. The van der Waals surface area contributed by atoms with E-state index in [-0.39, 0.29) is 11.9 Å². The van der Waals surface area contributed by atoms with Crippen molar-refractivity contribution in [2.45, 2.75) is 19.4 Å². The molecule has 0 aliphatic rings. The van der Waals surface area contributed by atoms with E-state index in [2.05, 4.69) is 0 Å². The van der Waals surface area contributed by atoms with E-state index in [1.165, 1.54) is 12.1 Å².